The van der Waals surface area contributed by atoms with Crippen LogP contribution < -0.4 is 4.72 Å². The maximum Gasteiger partial charge on any atom is 0.516 e. The van der Waals surface area contributed by atoms with E-state index < -0.39 is 21.3 Å². The summed E-state index contributed by atoms with van der Waals surface area (Å²) in [5.74, 6) is -0.517. The molecule has 9 heteroatoms. The molecule has 0 aliphatic heterocycles. The first-order valence-corrected chi connectivity index (χ1v) is 5.99. The second-order valence-electron chi connectivity index (χ2n) is 3.17. The summed E-state index contributed by atoms with van der Waals surface area (Å²) in [4.78, 5) is 0. The molecule has 0 radical (unpaired) electrons. The Morgan fingerprint density at radius 1 is 1.35 bits per heavy atom. The van der Waals surface area contributed by atoms with Crippen LogP contribution in [0.25, 0.3) is 0 Å². The van der Waals surface area contributed by atoms with Gasteiger partial charge in [-0.15, -0.1) is 0 Å². The average Bonchev–Trinajstić information content (AvgIpc) is 2.12. The van der Waals surface area contributed by atoms with E-state index in [0.29, 0.717) is 0 Å². The fraction of sp³-hybridized carbons (Fsp3) is 0.250. The molecule has 0 unspecified atom stereocenters. The van der Waals surface area contributed by atoms with Crippen LogP contribution in [0.2, 0.25) is 5.02 Å². The molecule has 0 fully saturated rings. The van der Waals surface area contributed by atoms with Crippen molar-refractivity contribution in [3.05, 3.63) is 22.7 Å². The Labute approximate surface area is 100 Å². The molecule has 0 heterocycles. The summed E-state index contributed by atoms with van der Waals surface area (Å²) >= 11 is 5.50. The molecule has 0 saturated carbocycles. The number of hydrogen-bond donors (Lipinski definition) is 2. The zero-order chi connectivity index (χ0) is 13.4. The maximum absolute atomic E-state index is 12.1. The standard InChI is InChI=1S/C8H7ClF3NO3S/c1-4-2-5(9)7(14)3-6(4)13-17(15,16)8(10,11)12/h2-3,13-14H,1H3. The van der Waals surface area contributed by atoms with Gasteiger partial charge in [0.15, 0.2) is 0 Å². The average molecular weight is 290 g/mol. The highest BCUT2D eigenvalue weighted by Crippen LogP contribution is 2.32. The van der Waals surface area contributed by atoms with Crippen molar-refractivity contribution in [3.63, 3.8) is 0 Å². The Bertz CT molecular complexity index is 542. The molecule has 0 amide bonds. The third-order valence-electron chi connectivity index (χ3n) is 1.84. The van der Waals surface area contributed by atoms with E-state index in [1.54, 1.807) is 0 Å². The number of rotatable bonds is 2. The molecule has 0 aliphatic rings. The molecule has 17 heavy (non-hydrogen) atoms. The normalized spacial score (nSPS) is 12.5. The van der Waals surface area contributed by atoms with E-state index in [1.165, 1.54) is 11.6 Å². The fourth-order valence-electron chi connectivity index (χ4n) is 0.974. The van der Waals surface area contributed by atoms with Crippen molar-refractivity contribution in [2.75, 3.05) is 4.72 Å². The molecule has 0 aliphatic carbocycles. The topological polar surface area (TPSA) is 66.4 Å². The zero-order valence-electron chi connectivity index (χ0n) is 8.34. The molecule has 0 aromatic heterocycles. The van der Waals surface area contributed by atoms with Gasteiger partial charge in [-0.05, 0) is 18.6 Å². The number of aryl methyl sites for hydroxylation is 1. The predicted molar refractivity (Wildman–Crippen MR) is 56.5 cm³/mol. The van der Waals surface area contributed by atoms with Crippen molar-refractivity contribution < 1.29 is 26.7 Å². The van der Waals surface area contributed by atoms with Gasteiger partial charge in [0.25, 0.3) is 0 Å². The van der Waals surface area contributed by atoms with Gasteiger partial charge in [0.05, 0.1) is 10.7 Å². The first-order chi connectivity index (χ1) is 7.54. The third-order valence-corrected chi connectivity index (χ3v) is 3.24. The van der Waals surface area contributed by atoms with Crippen molar-refractivity contribution in [3.8, 4) is 5.75 Å². The first kappa shape index (κ1) is 13.9. The minimum Gasteiger partial charge on any atom is -0.506 e. The highest BCUT2D eigenvalue weighted by atomic mass is 35.5. The minimum atomic E-state index is -5.51. The molecule has 96 valence electrons. The number of anilines is 1. The van der Waals surface area contributed by atoms with Crippen molar-refractivity contribution >= 4 is 27.3 Å². The smallest absolute Gasteiger partial charge is 0.506 e. The van der Waals surface area contributed by atoms with E-state index in [4.69, 9.17) is 11.6 Å². The molecule has 1 aromatic carbocycles. The predicted octanol–water partition coefficient (Wildman–Crippen LogP) is 2.62. The van der Waals surface area contributed by atoms with Crippen LogP contribution in [0.5, 0.6) is 5.75 Å². The number of benzene rings is 1. The lowest BCUT2D eigenvalue weighted by Crippen LogP contribution is -2.30. The van der Waals surface area contributed by atoms with Crippen molar-refractivity contribution in [2.45, 2.75) is 12.4 Å². The number of aromatic hydroxyl groups is 1. The van der Waals surface area contributed by atoms with E-state index in [1.807, 2.05) is 0 Å². The summed E-state index contributed by atoms with van der Waals surface area (Å²) in [6, 6.07) is 1.95. The van der Waals surface area contributed by atoms with E-state index in [9.17, 15) is 26.7 Å². The molecular formula is C8H7ClF3NO3S. The summed E-state index contributed by atoms with van der Waals surface area (Å²) in [6.45, 7) is 1.35. The van der Waals surface area contributed by atoms with Crippen molar-refractivity contribution in [2.24, 2.45) is 0 Å². The Morgan fingerprint density at radius 3 is 2.35 bits per heavy atom. The molecule has 0 bridgehead atoms. The van der Waals surface area contributed by atoms with Gasteiger partial charge in [-0.25, -0.2) is 0 Å². The molecule has 0 saturated heterocycles. The summed E-state index contributed by atoms with van der Waals surface area (Å²) < 4.78 is 59.2. The Kier molecular flexibility index (Phi) is 3.49. The monoisotopic (exact) mass is 289 g/mol. The molecular weight excluding hydrogens is 283 g/mol. The number of alkyl halides is 3. The van der Waals surface area contributed by atoms with Crippen molar-refractivity contribution in [1.29, 1.82) is 0 Å². The molecule has 0 atom stereocenters. The quantitative estimate of drug-likeness (QED) is 0.879. The molecule has 0 spiro atoms. The van der Waals surface area contributed by atoms with Crippen LogP contribution in [-0.2, 0) is 10.0 Å². The van der Waals surface area contributed by atoms with E-state index in [-0.39, 0.29) is 16.3 Å². The number of halogens is 4. The molecule has 4 nitrogen and oxygen atoms in total. The summed E-state index contributed by atoms with van der Waals surface area (Å²) in [6.07, 6.45) is 0. The van der Waals surface area contributed by atoms with Gasteiger partial charge >= 0.3 is 15.5 Å². The number of hydrogen-bond acceptors (Lipinski definition) is 3. The number of phenolic OH excluding ortho intramolecular Hbond substituents is 1. The van der Waals surface area contributed by atoms with E-state index in [2.05, 4.69) is 0 Å². The van der Waals surface area contributed by atoms with Gasteiger partial charge in [0.2, 0.25) is 0 Å². The highest BCUT2D eigenvalue weighted by Gasteiger charge is 2.46. The van der Waals surface area contributed by atoms with Gasteiger partial charge in [0, 0.05) is 6.07 Å². The SMILES string of the molecule is Cc1cc(Cl)c(O)cc1NS(=O)(=O)C(F)(F)F. The van der Waals surface area contributed by atoms with Crippen molar-refractivity contribution in [1.82, 2.24) is 0 Å². The Hall–Kier alpha value is -1.15. The molecule has 2 N–H and O–H groups in total. The zero-order valence-corrected chi connectivity index (χ0v) is 9.91. The minimum absolute atomic E-state index is 0.0857. The van der Waals surface area contributed by atoms with Crippen LogP contribution in [0, 0.1) is 6.92 Å². The van der Waals surface area contributed by atoms with Crippen LogP contribution in [0.1, 0.15) is 5.56 Å². The van der Waals surface area contributed by atoms with E-state index >= 15 is 0 Å². The van der Waals surface area contributed by atoms with Gasteiger partial charge in [-0.3, -0.25) is 4.72 Å². The lowest BCUT2D eigenvalue weighted by atomic mass is 10.2. The van der Waals surface area contributed by atoms with Crippen LogP contribution in [0.3, 0.4) is 0 Å². The molecule has 1 aromatic rings. The summed E-state index contributed by atoms with van der Waals surface area (Å²) in [5, 5.41) is 9.09. The highest BCUT2D eigenvalue weighted by molar-refractivity contribution is 7.93. The van der Waals surface area contributed by atoms with Crippen LogP contribution in [-0.4, -0.2) is 19.0 Å². The Balaban J connectivity index is 3.18. The number of sulfonamides is 1. The van der Waals surface area contributed by atoms with Gasteiger partial charge < -0.3 is 5.11 Å². The van der Waals surface area contributed by atoms with E-state index in [0.717, 1.165) is 12.1 Å². The maximum atomic E-state index is 12.1. The van der Waals surface area contributed by atoms with Crippen LogP contribution >= 0.6 is 11.6 Å². The van der Waals surface area contributed by atoms with Gasteiger partial charge in [-0.2, -0.15) is 21.6 Å². The lowest BCUT2D eigenvalue weighted by molar-refractivity contribution is -0.0429. The lowest BCUT2D eigenvalue weighted by Gasteiger charge is -2.13. The second kappa shape index (κ2) is 4.26. The first-order valence-electron chi connectivity index (χ1n) is 4.13. The third kappa shape index (κ3) is 2.95. The number of phenols is 1. The summed E-state index contributed by atoms with van der Waals surface area (Å²) in [7, 11) is -5.51. The van der Waals surface area contributed by atoms with Crippen LogP contribution in [0.4, 0.5) is 18.9 Å². The summed E-state index contributed by atoms with van der Waals surface area (Å²) in [5.41, 5.74) is -5.65. The fourth-order valence-corrected chi connectivity index (χ4v) is 1.82. The second-order valence-corrected chi connectivity index (χ2v) is 5.25. The Morgan fingerprint density at radius 2 is 1.88 bits per heavy atom. The largest absolute Gasteiger partial charge is 0.516 e. The van der Waals surface area contributed by atoms with Crippen LogP contribution in [0.15, 0.2) is 12.1 Å². The van der Waals surface area contributed by atoms with Gasteiger partial charge in [0.1, 0.15) is 5.75 Å². The van der Waals surface area contributed by atoms with Gasteiger partial charge in [-0.1, -0.05) is 11.6 Å². The molecule has 1 rings (SSSR count). The number of nitrogens with one attached hydrogen (secondary N) is 1.